The molecule has 0 aliphatic heterocycles. The van der Waals surface area contributed by atoms with Crippen molar-refractivity contribution in [3.05, 3.63) is 103 Å². The number of rotatable bonds is 10. The van der Waals surface area contributed by atoms with Crippen LogP contribution in [0.15, 0.2) is 91.6 Å². The van der Waals surface area contributed by atoms with Crippen LogP contribution in [0.1, 0.15) is 5.56 Å². The highest BCUT2D eigenvalue weighted by Gasteiger charge is 2.17. The molecule has 10 nitrogen and oxygen atoms in total. The topological polar surface area (TPSA) is 121 Å². The Labute approximate surface area is 258 Å². The molecule has 0 saturated heterocycles. The number of hydrogen-bond acceptors (Lipinski definition) is 8. The van der Waals surface area contributed by atoms with E-state index in [1.165, 1.54) is 12.1 Å². The minimum absolute atomic E-state index is 0.338. The molecule has 0 aliphatic rings. The van der Waals surface area contributed by atoms with E-state index in [1.54, 1.807) is 31.0 Å². The van der Waals surface area contributed by atoms with Crippen LogP contribution in [-0.4, -0.2) is 67.2 Å². The molecule has 0 aliphatic carbocycles. The highest BCUT2D eigenvalue weighted by atomic mass is 19.1. The predicted molar refractivity (Wildman–Crippen MR) is 173 cm³/mol. The molecule has 0 bridgehead atoms. The fourth-order valence-corrected chi connectivity index (χ4v) is 5.16. The van der Waals surface area contributed by atoms with E-state index in [-0.39, 0.29) is 5.82 Å². The molecular weight excluding hydrogens is 569 g/mol. The van der Waals surface area contributed by atoms with Gasteiger partial charge < -0.3 is 19.9 Å². The summed E-state index contributed by atoms with van der Waals surface area (Å²) in [6.07, 6.45) is 8.60. The molecule has 0 radical (unpaired) electrons. The van der Waals surface area contributed by atoms with Crippen LogP contribution in [0.4, 0.5) is 10.1 Å². The van der Waals surface area contributed by atoms with Gasteiger partial charge in [0.25, 0.3) is 0 Å². The lowest BCUT2D eigenvalue weighted by atomic mass is 10.1. The standard InChI is InChI=1S/C34H30FN9O/c1-44(2)9-8-38-25-11-22(10-24(35)13-25)28-17-37-18-31-32(28)41-34(40-31)33-27-14-29(39-19-30(27)42-43-33)23-12-26(16-36-15-23)45-20-21-6-4-3-5-7-21/h3-7,10-19,38H,8-9,20H2,1-2H3,(H,40,41)(H,42,43). The Kier molecular flexibility index (Phi) is 7.58. The molecule has 0 amide bonds. The molecule has 3 N–H and O–H groups in total. The lowest BCUT2D eigenvalue weighted by Crippen LogP contribution is -2.20. The number of hydrogen-bond donors (Lipinski definition) is 3. The highest BCUT2D eigenvalue weighted by molar-refractivity contribution is 5.97. The van der Waals surface area contributed by atoms with Crippen LogP contribution >= 0.6 is 0 Å². The van der Waals surface area contributed by atoms with Gasteiger partial charge in [-0.25, -0.2) is 9.37 Å². The fraction of sp³-hybridized carbons (Fsp3) is 0.147. The molecule has 0 unspecified atom stereocenters. The molecule has 5 aromatic heterocycles. The second kappa shape index (κ2) is 12.1. The molecule has 0 atom stereocenters. The van der Waals surface area contributed by atoms with Gasteiger partial charge >= 0.3 is 0 Å². The van der Waals surface area contributed by atoms with Gasteiger partial charge in [-0.05, 0) is 55.6 Å². The lowest BCUT2D eigenvalue weighted by molar-refractivity contribution is 0.305. The van der Waals surface area contributed by atoms with Gasteiger partial charge in [0.05, 0.1) is 40.8 Å². The van der Waals surface area contributed by atoms with E-state index >= 15 is 0 Å². The molecule has 0 fully saturated rings. The summed E-state index contributed by atoms with van der Waals surface area (Å²) < 4.78 is 20.7. The molecule has 7 rings (SSSR count). The Balaban J connectivity index is 1.20. The van der Waals surface area contributed by atoms with Crippen LogP contribution < -0.4 is 10.1 Å². The van der Waals surface area contributed by atoms with Crippen molar-refractivity contribution in [3.63, 3.8) is 0 Å². The Bertz CT molecular complexity index is 2110. The number of nitrogens with zero attached hydrogens (tertiary/aromatic N) is 6. The summed E-state index contributed by atoms with van der Waals surface area (Å²) >= 11 is 0. The summed E-state index contributed by atoms with van der Waals surface area (Å²) in [5.74, 6) is 0.868. The zero-order chi connectivity index (χ0) is 30.8. The van der Waals surface area contributed by atoms with E-state index in [4.69, 9.17) is 9.72 Å². The van der Waals surface area contributed by atoms with E-state index in [0.717, 1.165) is 34.3 Å². The molecular formula is C34H30FN9O. The number of nitrogens with one attached hydrogen (secondary N) is 3. The van der Waals surface area contributed by atoms with Crippen molar-refractivity contribution in [2.24, 2.45) is 0 Å². The summed E-state index contributed by atoms with van der Waals surface area (Å²) in [6.45, 7) is 1.96. The first kappa shape index (κ1) is 28.1. The normalized spacial score (nSPS) is 11.5. The fourth-order valence-electron chi connectivity index (χ4n) is 5.16. The highest BCUT2D eigenvalue weighted by Crippen LogP contribution is 2.33. The number of anilines is 1. The lowest BCUT2D eigenvalue weighted by Gasteiger charge is -2.12. The van der Waals surface area contributed by atoms with Gasteiger partial charge in [0.2, 0.25) is 0 Å². The molecule has 0 spiro atoms. The van der Waals surface area contributed by atoms with E-state index < -0.39 is 0 Å². The van der Waals surface area contributed by atoms with E-state index in [1.807, 2.05) is 62.6 Å². The summed E-state index contributed by atoms with van der Waals surface area (Å²) in [5, 5.41) is 11.8. The van der Waals surface area contributed by atoms with Crippen molar-refractivity contribution in [1.29, 1.82) is 0 Å². The number of halogens is 1. The third-order valence-electron chi connectivity index (χ3n) is 7.42. The number of ether oxygens (including phenoxy) is 1. The minimum Gasteiger partial charge on any atom is -0.487 e. The maximum atomic E-state index is 14.7. The van der Waals surface area contributed by atoms with Crippen molar-refractivity contribution in [2.45, 2.75) is 6.61 Å². The summed E-state index contributed by atoms with van der Waals surface area (Å²) in [5.41, 5.74) is 7.47. The number of likely N-dealkylation sites (N-methyl/N-ethyl adjacent to an activating group) is 1. The van der Waals surface area contributed by atoms with Crippen molar-refractivity contribution < 1.29 is 9.13 Å². The van der Waals surface area contributed by atoms with Crippen molar-refractivity contribution in [2.75, 3.05) is 32.5 Å². The monoisotopic (exact) mass is 599 g/mol. The summed E-state index contributed by atoms with van der Waals surface area (Å²) in [4.78, 5) is 23.8. The summed E-state index contributed by atoms with van der Waals surface area (Å²) in [6, 6.07) is 18.8. The van der Waals surface area contributed by atoms with E-state index in [9.17, 15) is 4.39 Å². The number of aromatic amines is 2. The summed E-state index contributed by atoms with van der Waals surface area (Å²) in [7, 11) is 4.00. The number of imidazole rings is 1. The maximum Gasteiger partial charge on any atom is 0.159 e. The number of pyridine rings is 3. The smallest absolute Gasteiger partial charge is 0.159 e. The first-order valence-corrected chi connectivity index (χ1v) is 14.5. The SMILES string of the molecule is CN(C)CCNc1cc(F)cc(-c2cncc3[nH]c(-c4n[nH]c5cnc(-c6cncc(OCc7ccccc7)c6)cc45)nc23)c1. The molecule has 224 valence electrons. The largest absolute Gasteiger partial charge is 0.487 e. The first-order chi connectivity index (χ1) is 22.0. The molecule has 45 heavy (non-hydrogen) atoms. The van der Waals surface area contributed by atoms with Gasteiger partial charge in [-0.3, -0.25) is 20.1 Å². The zero-order valence-corrected chi connectivity index (χ0v) is 24.8. The van der Waals surface area contributed by atoms with Gasteiger partial charge in [-0.15, -0.1) is 0 Å². The van der Waals surface area contributed by atoms with Crippen molar-refractivity contribution in [1.82, 2.24) is 40.0 Å². The third kappa shape index (κ3) is 6.06. The van der Waals surface area contributed by atoms with Gasteiger partial charge in [0.1, 0.15) is 23.9 Å². The third-order valence-corrected chi connectivity index (χ3v) is 7.42. The molecule has 7 aromatic rings. The van der Waals surface area contributed by atoms with Crippen molar-refractivity contribution >= 4 is 27.6 Å². The van der Waals surface area contributed by atoms with E-state index in [2.05, 4.69) is 40.3 Å². The van der Waals surface area contributed by atoms with Crippen LogP contribution in [0.25, 0.3) is 55.8 Å². The molecule has 11 heteroatoms. The van der Waals surface area contributed by atoms with Gasteiger partial charge in [0.15, 0.2) is 5.82 Å². The van der Waals surface area contributed by atoms with Crippen LogP contribution in [0.2, 0.25) is 0 Å². The quantitative estimate of drug-likeness (QED) is 0.167. The minimum atomic E-state index is -0.338. The molecule has 0 saturated carbocycles. The van der Waals surface area contributed by atoms with Gasteiger partial charge in [-0.1, -0.05) is 30.3 Å². The Hall–Kier alpha value is -5.68. The number of benzene rings is 2. The number of fused-ring (bicyclic) bond motifs is 2. The van der Waals surface area contributed by atoms with Crippen LogP contribution in [0.3, 0.4) is 0 Å². The van der Waals surface area contributed by atoms with Crippen LogP contribution in [0, 0.1) is 5.82 Å². The van der Waals surface area contributed by atoms with Crippen LogP contribution in [-0.2, 0) is 6.61 Å². The average Bonchev–Trinajstić information content (AvgIpc) is 3.68. The average molecular weight is 600 g/mol. The second-order valence-corrected chi connectivity index (χ2v) is 11.0. The van der Waals surface area contributed by atoms with Crippen LogP contribution in [0.5, 0.6) is 5.75 Å². The van der Waals surface area contributed by atoms with Crippen molar-refractivity contribution in [3.8, 4) is 39.7 Å². The zero-order valence-electron chi connectivity index (χ0n) is 24.8. The van der Waals surface area contributed by atoms with Gasteiger partial charge in [-0.2, -0.15) is 5.10 Å². The maximum absolute atomic E-state index is 14.7. The first-order valence-electron chi connectivity index (χ1n) is 14.5. The Morgan fingerprint density at radius 1 is 0.889 bits per heavy atom. The van der Waals surface area contributed by atoms with Gasteiger partial charge in [0, 0.05) is 47.7 Å². The number of H-pyrrole nitrogens is 2. The van der Waals surface area contributed by atoms with E-state index in [0.29, 0.717) is 58.3 Å². The Morgan fingerprint density at radius 3 is 2.62 bits per heavy atom. The molecule has 2 aromatic carbocycles. The second-order valence-electron chi connectivity index (χ2n) is 11.0. The molecule has 5 heterocycles. The Morgan fingerprint density at radius 2 is 1.76 bits per heavy atom. The predicted octanol–water partition coefficient (Wildman–Crippen LogP) is 6.32. The number of aromatic nitrogens is 7.